The summed E-state index contributed by atoms with van der Waals surface area (Å²) in [6.45, 7) is 3.77. The Balaban J connectivity index is 1.76. The summed E-state index contributed by atoms with van der Waals surface area (Å²) >= 11 is 0. The van der Waals surface area contributed by atoms with Crippen molar-refractivity contribution in [3.8, 4) is 0 Å². The van der Waals surface area contributed by atoms with Crippen molar-refractivity contribution in [2.45, 2.75) is 25.7 Å². The molecule has 0 saturated carbocycles. The van der Waals surface area contributed by atoms with Crippen molar-refractivity contribution in [3.63, 3.8) is 0 Å². The SMILES string of the molecule is CNCC(=O)N1CCC[C@H](c2nc(C)cc(Nc3cnccn3)n2)C1. The Kier molecular flexibility index (Phi) is 5.49. The van der Waals surface area contributed by atoms with Gasteiger partial charge in [0.2, 0.25) is 5.91 Å². The Morgan fingerprint density at radius 3 is 2.96 bits per heavy atom. The van der Waals surface area contributed by atoms with Gasteiger partial charge in [-0.2, -0.15) is 0 Å². The summed E-state index contributed by atoms with van der Waals surface area (Å²) in [7, 11) is 1.79. The number of nitrogens with zero attached hydrogens (tertiary/aromatic N) is 5. The van der Waals surface area contributed by atoms with Crippen LogP contribution in [-0.4, -0.2) is 57.4 Å². The molecule has 1 fully saturated rings. The first-order valence-electron chi connectivity index (χ1n) is 8.46. The van der Waals surface area contributed by atoms with E-state index < -0.39 is 0 Å². The van der Waals surface area contributed by atoms with E-state index in [0.29, 0.717) is 24.7 Å². The molecule has 0 radical (unpaired) electrons. The van der Waals surface area contributed by atoms with E-state index >= 15 is 0 Å². The van der Waals surface area contributed by atoms with Crippen LogP contribution >= 0.6 is 0 Å². The number of rotatable bonds is 5. The van der Waals surface area contributed by atoms with Crippen LogP contribution in [0.5, 0.6) is 0 Å². The number of aryl methyl sites for hydroxylation is 1. The molecule has 3 rings (SSSR count). The van der Waals surface area contributed by atoms with Gasteiger partial charge >= 0.3 is 0 Å². The third-order valence-corrected chi connectivity index (χ3v) is 4.16. The highest BCUT2D eigenvalue weighted by Crippen LogP contribution is 2.26. The fourth-order valence-electron chi connectivity index (χ4n) is 3.01. The number of hydrogen-bond acceptors (Lipinski definition) is 7. The molecule has 0 bridgehead atoms. The number of nitrogens with one attached hydrogen (secondary N) is 2. The van der Waals surface area contributed by atoms with E-state index in [1.807, 2.05) is 17.9 Å². The zero-order valence-electron chi connectivity index (χ0n) is 14.6. The number of carbonyl (C=O) groups is 1. The number of hydrogen-bond donors (Lipinski definition) is 2. The summed E-state index contributed by atoms with van der Waals surface area (Å²) in [5, 5.41) is 6.08. The van der Waals surface area contributed by atoms with Crippen LogP contribution in [-0.2, 0) is 4.79 Å². The molecular weight excluding hydrogens is 318 g/mol. The van der Waals surface area contributed by atoms with Gasteiger partial charge in [-0.1, -0.05) is 0 Å². The lowest BCUT2D eigenvalue weighted by Gasteiger charge is -2.32. The molecule has 8 nitrogen and oxygen atoms in total. The molecule has 3 heterocycles. The van der Waals surface area contributed by atoms with Crippen LogP contribution in [0.4, 0.5) is 11.6 Å². The first kappa shape index (κ1) is 17.2. The van der Waals surface area contributed by atoms with Crippen molar-refractivity contribution in [2.24, 2.45) is 0 Å². The quantitative estimate of drug-likeness (QED) is 0.845. The summed E-state index contributed by atoms with van der Waals surface area (Å²) < 4.78 is 0. The Morgan fingerprint density at radius 2 is 2.20 bits per heavy atom. The van der Waals surface area contributed by atoms with Gasteiger partial charge in [0.1, 0.15) is 17.5 Å². The summed E-state index contributed by atoms with van der Waals surface area (Å²) in [6.07, 6.45) is 6.85. The van der Waals surface area contributed by atoms with Crippen molar-refractivity contribution < 1.29 is 4.79 Å². The molecule has 25 heavy (non-hydrogen) atoms. The predicted octanol–water partition coefficient (Wildman–Crippen LogP) is 1.24. The van der Waals surface area contributed by atoms with E-state index in [9.17, 15) is 4.79 Å². The van der Waals surface area contributed by atoms with E-state index in [0.717, 1.165) is 30.9 Å². The monoisotopic (exact) mass is 341 g/mol. The number of likely N-dealkylation sites (tertiary alicyclic amines) is 1. The van der Waals surface area contributed by atoms with Crippen LogP contribution in [0.1, 0.15) is 30.3 Å². The van der Waals surface area contributed by atoms with E-state index in [-0.39, 0.29) is 11.8 Å². The van der Waals surface area contributed by atoms with Crippen molar-refractivity contribution in [1.29, 1.82) is 0 Å². The number of carbonyl (C=O) groups excluding carboxylic acids is 1. The van der Waals surface area contributed by atoms with Gasteiger partial charge in [0.05, 0.1) is 12.7 Å². The van der Waals surface area contributed by atoms with Crippen LogP contribution in [0.25, 0.3) is 0 Å². The second-order valence-corrected chi connectivity index (χ2v) is 6.18. The first-order chi connectivity index (χ1) is 12.2. The van der Waals surface area contributed by atoms with Gasteiger partial charge in [0.15, 0.2) is 0 Å². The second-order valence-electron chi connectivity index (χ2n) is 6.18. The lowest BCUT2D eigenvalue weighted by atomic mass is 9.97. The number of anilines is 2. The van der Waals surface area contributed by atoms with Crippen LogP contribution in [0, 0.1) is 6.92 Å². The molecule has 1 atom stereocenters. The fraction of sp³-hybridized carbons (Fsp3) is 0.471. The summed E-state index contributed by atoms with van der Waals surface area (Å²) in [5.41, 5.74) is 0.884. The Bertz CT molecular complexity index is 722. The van der Waals surface area contributed by atoms with Gasteiger partial charge in [0, 0.05) is 43.2 Å². The Morgan fingerprint density at radius 1 is 1.32 bits per heavy atom. The minimum absolute atomic E-state index is 0.123. The van der Waals surface area contributed by atoms with Crippen LogP contribution in [0.2, 0.25) is 0 Å². The minimum Gasteiger partial charge on any atom is -0.341 e. The number of likely N-dealkylation sites (N-methyl/N-ethyl adjacent to an activating group) is 1. The highest BCUT2D eigenvalue weighted by atomic mass is 16.2. The van der Waals surface area contributed by atoms with Crippen molar-refractivity contribution in [3.05, 3.63) is 36.2 Å². The van der Waals surface area contributed by atoms with Gasteiger partial charge in [-0.3, -0.25) is 9.78 Å². The molecule has 2 aromatic rings. The highest BCUT2D eigenvalue weighted by Gasteiger charge is 2.26. The topological polar surface area (TPSA) is 95.9 Å². The summed E-state index contributed by atoms with van der Waals surface area (Å²) in [6, 6.07) is 1.88. The highest BCUT2D eigenvalue weighted by molar-refractivity contribution is 5.78. The summed E-state index contributed by atoms with van der Waals surface area (Å²) in [4.78, 5) is 31.5. The fourth-order valence-corrected chi connectivity index (χ4v) is 3.01. The molecule has 132 valence electrons. The zero-order valence-corrected chi connectivity index (χ0v) is 14.6. The van der Waals surface area contributed by atoms with Gasteiger partial charge in [-0.05, 0) is 26.8 Å². The minimum atomic E-state index is 0.123. The molecule has 2 aromatic heterocycles. The smallest absolute Gasteiger partial charge is 0.236 e. The van der Waals surface area contributed by atoms with Crippen LogP contribution in [0.15, 0.2) is 24.7 Å². The first-order valence-corrected chi connectivity index (χ1v) is 8.46. The predicted molar refractivity (Wildman–Crippen MR) is 94.6 cm³/mol. The molecule has 8 heteroatoms. The molecule has 1 aliphatic heterocycles. The van der Waals surface area contributed by atoms with Gasteiger partial charge in [-0.25, -0.2) is 15.0 Å². The molecule has 0 spiro atoms. The normalized spacial score (nSPS) is 17.4. The second kappa shape index (κ2) is 7.98. The number of aromatic nitrogens is 4. The van der Waals surface area contributed by atoms with E-state index in [1.165, 1.54) is 0 Å². The average Bonchev–Trinajstić information content (AvgIpc) is 2.62. The van der Waals surface area contributed by atoms with Gasteiger partial charge in [-0.15, -0.1) is 0 Å². The number of piperidine rings is 1. The number of amides is 1. The largest absolute Gasteiger partial charge is 0.341 e. The van der Waals surface area contributed by atoms with Crippen LogP contribution in [0.3, 0.4) is 0 Å². The van der Waals surface area contributed by atoms with E-state index in [1.54, 1.807) is 25.6 Å². The maximum atomic E-state index is 12.1. The average molecular weight is 341 g/mol. The van der Waals surface area contributed by atoms with Crippen molar-refractivity contribution in [1.82, 2.24) is 30.2 Å². The standard InChI is InChI=1S/C17H23N7O/c1-12-8-14(22-15-9-19-5-6-20-15)23-17(21-12)13-4-3-7-24(11-13)16(25)10-18-2/h5-6,8-9,13,18H,3-4,7,10-11H2,1-2H3,(H,20,21,22,23)/t13-/m0/s1. The van der Waals surface area contributed by atoms with E-state index in [2.05, 4.69) is 30.6 Å². The van der Waals surface area contributed by atoms with E-state index in [4.69, 9.17) is 0 Å². The molecule has 1 saturated heterocycles. The molecule has 0 unspecified atom stereocenters. The van der Waals surface area contributed by atoms with Crippen molar-refractivity contribution in [2.75, 3.05) is 32.0 Å². The third kappa shape index (κ3) is 4.48. The lowest BCUT2D eigenvalue weighted by molar-refractivity contribution is -0.131. The molecular formula is C17H23N7O. The zero-order chi connectivity index (χ0) is 17.6. The van der Waals surface area contributed by atoms with Crippen LogP contribution < -0.4 is 10.6 Å². The maximum absolute atomic E-state index is 12.1. The molecule has 0 aromatic carbocycles. The summed E-state index contributed by atoms with van der Waals surface area (Å²) in [5.74, 6) is 2.38. The maximum Gasteiger partial charge on any atom is 0.236 e. The lowest BCUT2D eigenvalue weighted by Crippen LogP contribution is -2.43. The molecule has 0 aliphatic carbocycles. The molecule has 1 amide bonds. The molecule has 1 aliphatic rings. The third-order valence-electron chi connectivity index (χ3n) is 4.16. The van der Waals surface area contributed by atoms with Crippen molar-refractivity contribution >= 4 is 17.5 Å². The molecule has 2 N–H and O–H groups in total. The van der Waals surface area contributed by atoms with Gasteiger partial charge in [0.25, 0.3) is 0 Å². The Hall–Kier alpha value is -2.61. The Labute approximate surface area is 147 Å². The van der Waals surface area contributed by atoms with Gasteiger partial charge < -0.3 is 15.5 Å².